The summed E-state index contributed by atoms with van der Waals surface area (Å²) in [6, 6.07) is 16.2. The summed E-state index contributed by atoms with van der Waals surface area (Å²) in [4.78, 5) is 21.7. The lowest BCUT2D eigenvalue weighted by Gasteiger charge is -2.39. The molecule has 0 aliphatic carbocycles. The van der Waals surface area contributed by atoms with E-state index in [4.69, 9.17) is 4.74 Å². The van der Waals surface area contributed by atoms with E-state index in [0.29, 0.717) is 18.8 Å². The lowest BCUT2D eigenvalue weighted by Crippen LogP contribution is -2.52. The van der Waals surface area contributed by atoms with Crippen molar-refractivity contribution >= 4 is 5.91 Å². The summed E-state index contributed by atoms with van der Waals surface area (Å²) in [5.41, 5.74) is 1.18. The fraction of sp³-hybridized carbons (Fsp3) is 0.333. The molecule has 6 nitrogen and oxygen atoms in total. The number of benzene rings is 2. The standard InChI is InChI=1S/C24H27FN4O2/c1-18(31-21-10-6-9-20(25)17-21)24(30)29-15-13-28(14-16-29)22(19-7-4-3-5-8-19)23-26-11-12-27(23)2/h3-12,17-18,22H,13-16H2,1-2H3. The Morgan fingerprint density at radius 1 is 1.06 bits per heavy atom. The largest absolute Gasteiger partial charge is 0.481 e. The van der Waals surface area contributed by atoms with Gasteiger partial charge in [-0.15, -0.1) is 0 Å². The van der Waals surface area contributed by atoms with Crippen LogP contribution in [0.15, 0.2) is 67.0 Å². The van der Waals surface area contributed by atoms with Gasteiger partial charge in [-0.3, -0.25) is 9.69 Å². The normalized spacial score (nSPS) is 16.7. The number of piperazine rings is 1. The van der Waals surface area contributed by atoms with E-state index in [2.05, 4.69) is 22.0 Å². The van der Waals surface area contributed by atoms with Crippen LogP contribution in [0.4, 0.5) is 4.39 Å². The maximum Gasteiger partial charge on any atom is 0.263 e. The monoisotopic (exact) mass is 422 g/mol. The molecule has 1 fully saturated rings. The van der Waals surface area contributed by atoms with Gasteiger partial charge in [0, 0.05) is 51.7 Å². The molecular weight excluding hydrogens is 395 g/mol. The number of carbonyl (C=O) groups excluding carboxylic acids is 1. The number of aryl methyl sites for hydroxylation is 1. The predicted molar refractivity (Wildman–Crippen MR) is 116 cm³/mol. The molecule has 1 aliphatic heterocycles. The molecule has 2 heterocycles. The van der Waals surface area contributed by atoms with E-state index in [1.165, 1.54) is 17.7 Å². The highest BCUT2D eigenvalue weighted by Crippen LogP contribution is 2.28. The van der Waals surface area contributed by atoms with Gasteiger partial charge in [0.1, 0.15) is 17.4 Å². The molecule has 0 saturated carbocycles. The van der Waals surface area contributed by atoms with E-state index in [1.807, 2.05) is 47.1 Å². The molecule has 3 aromatic rings. The summed E-state index contributed by atoms with van der Waals surface area (Å²) in [6.07, 6.45) is 3.10. The van der Waals surface area contributed by atoms with Crippen molar-refractivity contribution in [3.63, 3.8) is 0 Å². The minimum Gasteiger partial charge on any atom is -0.481 e. The third-order valence-electron chi connectivity index (χ3n) is 5.67. The van der Waals surface area contributed by atoms with Crippen LogP contribution in [0.2, 0.25) is 0 Å². The Morgan fingerprint density at radius 3 is 2.45 bits per heavy atom. The van der Waals surface area contributed by atoms with Crippen LogP contribution in [0, 0.1) is 5.82 Å². The van der Waals surface area contributed by atoms with Gasteiger partial charge >= 0.3 is 0 Å². The molecule has 2 aromatic carbocycles. The van der Waals surface area contributed by atoms with Gasteiger partial charge in [-0.1, -0.05) is 36.4 Å². The number of aromatic nitrogens is 2. The molecule has 0 N–H and O–H groups in total. The fourth-order valence-electron chi connectivity index (χ4n) is 4.05. The minimum absolute atomic E-state index is 0.0272. The van der Waals surface area contributed by atoms with Gasteiger partial charge in [-0.2, -0.15) is 0 Å². The molecule has 4 rings (SSSR count). The molecule has 7 heteroatoms. The second-order valence-corrected chi connectivity index (χ2v) is 7.79. The SMILES string of the molecule is CC(Oc1cccc(F)c1)C(=O)N1CCN(C(c2ccccc2)c2nccn2C)CC1. The van der Waals surface area contributed by atoms with Gasteiger partial charge in [0.25, 0.3) is 5.91 Å². The Morgan fingerprint density at radius 2 is 1.81 bits per heavy atom. The number of nitrogens with zero attached hydrogens (tertiary/aromatic N) is 4. The van der Waals surface area contributed by atoms with Crippen molar-refractivity contribution in [2.24, 2.45) is 7.05 Å². The number of amides is 1. The maximum absolute atomic E-state index is 13.4. The van der Waals surface area contributed by atoms with E-state index in [0.717, 1.165) is 18.9 Å². The number of hydrogen-bond donors (Lipinski definition) is 0. The van der Waals surface area contributed by atoms with Gasteiger partial charge in [0.05, 0.1) is 6.04 Å². The smallest absolute Gasteiger partial charge is 0.263 e. The topological polar surface area (TPSA) is 50.6 Å². The molecule has 2 unspecified atom stereocenters. The molecule has 1 amide bonds. The first kappa shape index (κ1) is 21.1. The lowest BCUT2D eigenvalue weighted by atomic mass is 10.0. The van der Waals surface area contributed by atoms with E-state index >= 15 is 0 Å². The van der Waals surface area contributed by atoms with Gasteiger partial charge in [0.2, 0.25) is 0 Å². The summed E-state index contributed by atoms with van der Waals surface area (Å²) in [5.74, 6) is 0.872. The van der Waals surface area contributed by atoms with E-state index < -0.39 is 6.10 Å². The van der Waals surface area contributed by atoms with Crippen molar-refractivity contribution in [1.29, 1.82) is 0 Å². The number of halogens is 1. The summed E-state index contributed by atoms with van der Waals surface area (Å²) in [7, 11) is 2.00. The number of hydrogen-bond acceptors (Lipinski definition) is 4. The first-order valence-electron chi connectivity index (χ1n) is 10.5. The Labute approximate surface area is 181 Å². The molecule has 2 atom stereocenters. The van der Waals surface area contributed by atoms with Crippen LogP contribution < -0.4 is 4.74 Å². The highest BCUT2D eigenvalue weighted by molar-refractivity contribution is 5.81. The summed E-state index contributed by atoms with van der Waals surface area (Å²) in [5, 5.41) is 0. The van der Waals surface area contributed by atoms with Crippen LogP contribution >= 0.6 is 0 Å². The van der Waals surface area contributed by atoms with Gasteiger partial charge < -0.3 is 14.2 Å². The molecular formula is C24H27FN4O2. The average molecular weight is 423 g/mol. The van der Waals surface area contributed by atoms with Crippen molar-refractivity contribution in [3.05, 3.63) is 84.2 Å². The van der Waals surface area contributed by atoms with Crippen molar-refractivity contribution in [1.82, 2.24) is 19.4 Å². The van der Waals surface area contributed by atoms with E-state index in [9.17, 15) is 9.18 Å². The fourth-order valence-corrected chi connectivity index (χ4v) is 4.05. The van der Waals surface area contributed by atoms with Crippen LogP contribution in [-0.2, 0) is 11.8 Å². The van der Waals surface area contributed by atoms with Crippen molar-refractivity contribution < 1.29 is 13.9 Å². The Kier molecular flexibility index (Phi) is 6.32. The van der Waals surface area contributed by atoms with Crippen LogP contribution in [0.25, 0.3) is 0 Å². The molecule has 162 valence electrons. The van der Waals surface area contributed by atoms with Gasteiger partial charge in [-0.25, -0.2) is 9.37 Å². The summed E-state index contributed by atoms with van der Waals surface area (Å²) < 4.78 is 21.1. The number of carbonyl (C=O) groups is 1. The average Bonchev–Trinajstić information content (AvgIpc) is 3.20. The second kappa shape index (κ2) is 9.31. The molecule has 1 aromatic heterocycles. The minimum atomic E-state index is -0.673. The van der Waals surface area contributed by atoms with Crippen LogP contribution in [-0.4, -0.2) is 57.5 Å². The lowest BCUT2D eigenvalue weighted by molar-refractivity contribution is -0.140. The first-order valence-corrected chi connectivity index (χ1v) is 10.5. The van der Waals surface area contributed by atoms with Crippen LogP contribution in [0.1, 0.15) is 24.4 Å². The zero-order valence-electron chi connectivity index (χ0n) is 17.8. The molecule has 31 heavy (non-hydrogen) atoms. The zero-order chi connectivity index (χ0) is 21.8. The quantitative estimate of drug-likeness (QED) is 0.612. The molecule has 0 spiro atoms. The van der Waals surface area contributed by atoms with Crippen LogP contribution in [0.5, 0.6) is 5.75 Å². The highest BCUT2D eigenvalue weighted by atomic mass is 19.1. The van der Waals surface area contributed by atoms with Gasteiger partial charge in [-0.05, 0) is 24.6 Å². The van der Waals surface area contributed by atoms with E-state index in [1.54, 1.807) is 19.1 Å². The Bertz CT molecular complexity index is 1020. The third-order valence-corrected chi connectivity index (χ3v) is 5.67. The van der Waals surface area contributed by atoms with Crippen molar-refractivity contribution in [2.75, 3.05) is 26.2 Å². The van der Waals surface area contributed by atoms with E-state index in [-0.39, 0.29) is 17.8 Å². The molecule has 0 bridgehead atoms. The third kappa shape index (κ3) is 4.77. The number of ether oxygens (including phenoxy) is 1. The maximum atomic E-state index is 13.4. The Hall–Kier alpha value is -3.19. The summed E-state index contributed by atoms with van der Waals surface area (Å²) >= 11 is 0. The summed E-state index contributed by atoms with van der Waals surface area (Å²) in [6.45, 7) is 4.36. The molecule has 1 saturated heterocycles. The number of imidazole rings is 1. The first-order chi connectivity index (χ1) is 15.0. The Balaban J connectivity index is 1.43. The van der Waals surface area contributed by atoms with Gasteiger partial charge in [0.15, 0.2) is 6.10 Å². The molecule has 0 radical (unpaired) electrons. The zero-order valence-corrected chi connectivity index (χ0v) is 17.8. The second-order valence-electron chi connectivity index (χ2n) is 7.79. The predicted octanol–water partition coefficient (Wildman–Crippen LogP) is 3.26. The molecule has 1 aliphatic rings. The van der Waals surface area contributed by atoms with Crippen molar-refractivity contribution in [3.8, 4) is 5.75 Å². The van der Waals surface area contributed by atoms with Crippen LogP contribution in [0.3, 0.4) is 0 Å². The number of rotatable bonds is 6. The highest BCUT2D eigenvalue weighted by Gasteiger charge is 2.32. The van der Waals surface area contributed by atoms with Crippen molar-refractivity contribution in [2.45, 2.75) is 19.1 Å².